The Hall–Kier alpha value is -1.61. The third-order valence-corrected chi connectivity index (χ3v) is 2.30. The standard InChI is InChI=1S/C12H12ClN3/c1-2-14-11-8-10(15-12(13)16-11)9-6-4-3-5-7-9/h3-8H,2H2,1H3,(H,14,15,16). The van der Waals surface area contributed by atoms with Crippen LogP contribution in [0.5, 0.6) is 0 Å². The first-order valence-corrected chi connectivity index (χ1v) is 5.51. The van der Waals surface area contributed by atoms with Gasteiger partial charge >= 0.3 is 0 Å². The summed E-state index contributed by atoms with van der Waals surface area (Å²) < 4.78 is 0. The van der Waals surface area contributed by atoms with Gasteiger partial charge in [0.25, 0.3) is 0 Å². The molecule has 1 heterocycles. The van der Waals surface area contributed by atoms with Gasteiger partial charge in [-0.3, -0.25) is 0 Å². The van der Waals surface area contributed by atoms with Gasteiger partial charge in [0.15, 0.2) is 0 Å². The highest BCUT2D eigenvalue weighted by atomic mass is 35.5. The molecule has 2 rings (SSSR count). The van der Waals surface area contributed by atoms with Gasteiger partial charge in [0.1, 0.15) is 5.82 Å². The summed E-state index contributed by atoms with van der Waals surface area (Å²) in [7, 11) is 0. The number of rotatable bonds is 3. The zero-order valence-electron chi connectivity index (χ0n) is 8.94. The lowest BCUT2D eigenvalue weighted by Gasteiger charge is -2.05. The molecule has 16 heavy (non-hydrogen) atoms. The van der Waals surface area contributed by atoms with E-state index in [-0.39, 0.29) is 5.28 Å². The summed E-state index contributed by atoms with van der Waals surface area (Å²) in [5.74, 6) is 0.751. The number of hydrogen-bond donors (Lipinski definition) is 1. The molecule has 4 heteroatoms. The lowest BCUT2D eigenvalue weighted by molar-refractivity contribution is 1.11. The van der Waals surface area contributed by atoms with Crippen LogP contribution < -0.4 is 5.32 Å². The van der Waals surface area contributed by atoms with Crippen molar-refractivity contribution in [1.82, 2.24) is 9.97 Å². The molecule has 0 aliphatic rings. The van der Waals surface area contributed by atoms with Crippen LogP contribution in [0, 0.1) is 0 Å². The van der Waals surface area contributed by atoms with Crippen LogP contribution in [0.3, 0.4) is 0 Å². The SMILES string of the molecule is CCNc1cc(-c2ccccc2)nc(Cl)n1. The van der Waals surface area contributed by atoms with Crippen LogP contribution >= 0.6 is 11.6 Å². The van der Waals surface area contributed by atoms with Crippen molar-refractivity contribution < 1.29 is 0 Å². The summed E-state index contributed by atoms with van der Waals surface area (Å²) in [5, 5.41) is 3.38. The van der Waals surface area contributed by atoms with Crippen LogP contribution in [0.2, 0.25) is 5.28 Å². The van der Waals surface area contributed by atoms with E-state index in [2.05, 4.69) is 15.3 Å². The van der Waals surface area contributed by atoms with Gasteiger partial charge in [-0.15, -0.1) is 0 Å². The fourth-order valence-corrected chi connectivity index (χ4v) is 1.63. The molecule has 0 bridgehead atoms. The highest BCUT2D eigenvalue weighted by Gasteiger charge is 2.03. The largest absolute Gasteiger partial charge is 0.370 e. The second kappa shape index (κ2) is 4.94. The van der Waals surface area contributed by atoms with Crippen molar-refractivity contribution in [2.45, 2.75) is 6.92 Å². The van der Waals surface area contributed by atoms with E-state index in [1.807, 2.05) is 43.3 Å². The van der Waals surface area contributed by atoms with Gasteiger partial charge in [-0.2, -0.15) is 0 Å². The van der Waals surface area contributed by atoms with Crippen LogP contribution in [0.4, 0.5) is 5.82 Å². The van der Waals surface area contributed by atoms with Crippen molar-refractivity contribution in [1.29, 1.82) is 0 Å². The van der Waals surface area contributed by atoms with Gasteiger partial charge in [0.2, 0.25) is 5.28 Å². The molecule has 0 fully saturated rings. The Morgan fingerprint density at radius 3 is 2.62 bits per heavy atom. The molecule has 0 saturated carbocycles. The Kier molecular flexibility index (Phi) is 3.37. The summed E-state index contributed by atoms with van der Waals surface area (Å²) in [6, 6.07) is 11.8. The molecule has 2 aromatic rings. The number of anilines is 1. The molecule has 0 spiro atoms. The van der Waals surface area contributed by atoms with Crippen LogP contribution in [-0.2, 0) is 0 Å². The average molecular weight is 234 g/mol. The number of nitrogens with one attached hydrogen (secondary N) is 1. The molecule has 3 nitrogen and oxygen atoms in total. The first-order chi connectivity index (χ1) is 7.79. The number of hydrogen-bond acceptors (Lipinski definition) is 3. The maximum atomic E-state index is 5.87. The number of benzene rings is 1. The normalized spacial score (nSPS) is 10.1. The Labute approximate surface area is 99.5 Å². The quantitative estimate of drug-likeness (QED) is 0.828. The average Bonchev–Trinajstić information content (AvgIpc) is 2.30. The fraction of sp³-hybridized carbons (Fsp3) is 0.167. The molecule has 0 radical (unpaired) electrons. The van der Waals surface area contributed by atoms with Crippen LogP contribution in [0.1, 0.15) is 6.92 Å². The molecule has 0 atom stereocenters. The lowest BCUT2D eigenvalue weighted by Crippen LogP contribution is -2.00. The molecule has 0 amide bonds. The zero-order chi connectivity index (χ0) is 11.4. The summed E-state index contributed by atoms with van der Waals surface area (Å²) in [5.41, 5.74) is 1.86. The summed E-state index contributed by atoms with van der Waals surface area (Å²) in [6.07, 6.45) is 0. The van der Waals surface area contributed by atoms with Crippen molar-refractivity contribution >= 4 is 17.4 Å². The Balaban J connectivity index is 2.41. The summed E-state index contributed by atoms with van der Waals surface area (Å²) in [4.78, 5) is 8.29. The molecular weight excluding hydrogens is 222 g/mol. The fourth-order valence-electron chi connectivity index (χ4n) is 1.45. The van der Waals surface area contributed by atoms with Gasteiger partial charge in [-0.1, -0.05) is 30.3 Å². The van der Waals surface area contributed by atoms with Crippen molar-refractivity contribution in [3.63, 3.8) is 0 Å². The number of halogens is 1. The van der Waals surface area contributed by atoms with E-state index in [4.69, 9.17) is 11.6 Å². The summed E-state index contributed by atoms with van der Waals surface area (Å²) >= 11 is 5.87. The number of aromatic nitrogens is 2. The predicted octanol–water partition coefficient (Wildman–Crippen LogP) is 3.23. The maximum Gasteiger partial charge on any atom is 0.224 e. The van der Waals surface area contributed by atoms with Crippen molar-refractivity contribution in [3.05, 3.63) is 41.7 Å². The highest BCUT2D eigenvalue weighted by Crippen LogP contribution is 2.20. The van der Waals surface area contributed by atoms with Crippen molar-refractivity contribution in [2.75, 3.05) is 11.9 Å². The van der Waals surface area contributed by atoms with Gasteiger partial charge in [0, 0.05) is 18.2 Å². The molecule has 1 aromatic heterocycles. The minimum Gasteiger partial charge on any atom is -0.370 e. The Bertz CT molecular complexity index is 471. The third-order valence-electron chi connectivity index (χ3n) is 2.13. The molecule has 1 N–H and O–H groups in total. The molecule has 0 aliphatic carbocycles. The van der Waals surface area contributed by atoms with E-state index in [0.29, 0.717) is 0 Å². The molecule has 82 valence electrons. The third kappa shape index (κ3) is 2.49. The molecule has 0 saturated heterocycles. The van der Waals surface area contributed by atoms with Crippen LogP contribution in [0.25, 0.3) is 11.3 Å². The van der Waals surface area contributed by atoms with Crippen LogP contribution in [-0.4, -0.2) is 16.5 Å². The minimum atomic E-state index is 0.261. The van der Waals surface area contributed by atoms with Gasteiger partial charge in [-0.05, 0) is 18.5 Å². The van der Waals surface area contributed by atoms with Gasteiger partial charge < -0.3 is 5.32 Å². The molecule has 0 unspecified atom stereocenters. The number of nitrogens with zero attached hydrogens (tertiary/aromatic N) is 2. The topological polar surface area (TPSA) is 37.8 Å². The Morgan fingerprint density at radius 1 is 1.19 bits per heavy atom. The lowest BCUT2D eigenvalue weighted by atomic mass is 10.1. The molecular formula is C12H12ClN3. The zero-order valence-corrected chi connectivity index (χ0v) is 9.70. The highest BCUT2D eigenvalue weighted by molar-refractivity contribution is 6.28. The van der Waals surface area contributed by atoms with E-state index in [9.17, 15) is 0 Å². The second-order valence-electron chi connectivity index (χ2n) is 3.30. The van der Waals surface area contributed by atoms with Crippen molar-refractivity contribution in [2.24, 2.45) is 0 Å². The smallest absolute Gasteiger partial charge is 0.224 e. The van der Waals surface area contributed by atoms with E-state index in [0.717, 1.165) is 23.6 Å². The first-order valence-electron chi connectivity index (χ1n) is 5.13. The predicted molar refractivity (Wildman–Crippen MR) is 66.6 cm³/mol. The summed E-state index contributed by atoms with van der Waals surface area (Å²) in [6.45, 7) is 2.82. The van der Waals surface area contributed by atoms with E-state index >= 15 is 0 Å². The van der Waals surface area contributed by atoms with E-state index < -0.39 is 0 Å². The maximum absolute atomic E-state index is 5.87. The second-order valence-corrected chi connectivity index (χ2v) is 3.64. The minimum absolute atomic E-state index is 0.261. The van der Waals surface area contributed by atoms with Gasteiger partial charge in [-0.25, -0.2) is 9.97 Å². The van der Waals surface area contributed by atoms with Crippen LogP contribution in [0.15, 0.2) is 36.4 Å². The molecule has 0 aliphatic heterocycles. The van der Waals surface area contributed by atoms with E-state index in [1.54, 1.807) is 0 Å². The van der Waals surface area contributed by atoms with Crippen molar-refractivity contribution in [3.8, 4) is 11.3 Å². The van der Waals surface area contributed by atoms with E-state index in [1.165, 1.54) is 0 Å². The monoisotopic (exact) mass is 233 g/mol. The molecule has 1 aromatic carbocycles. The Morgan fingerprint density at radius 2 is 1.94 bits per heavy atom. The first kappa shape index (κ1) is 10.9. The van der Waals surface area contributed by atoms with Gasteiger partial charge in [0.05, 0.1) is 5.69 Å².